The van der Waals surface area contributed by atoms with Gasteiger partial charge >= 0.3 is 0 Å². The molecule has 1 fully saturated rings. The molecule has 142 valence electrons. The van der Waals surface area contributed by atoms with Gasteiger partial charge in [-0.15, -0.1) is 0 Å². The van der Waals surface area contributed by atoms with Crippen LogP contribution < -0.4 is 10.6 Å². The summed E-state index contributed by atoms with van der Waals surface area (Å²) in [6, 6.07) is 0. The highest BCUT2D eigenvalue weighted by molar-refractivity contribution is 5.79. The molecule has 0 aliphatic carbocycles. The molecule has 24 heavy (non-hydrogen) atoms. The van der Waals surface area contributed by atoms with Gasteiger partial charge in [-0.2, -0.15) is 0 Å². The highest BCUT2D eigenvalue weighted by Gasteiger charge is 2.18. The van der Waals surface area contributed by atoms with Gasteiger partial charge in [0.1, 0.15) is 0 Å². The first kappa shape index (κ1) is 21.2. The number of methoxy groups -OCH3 is 1. The molecule has 6 nitrogen and oxygen atoms in total. The third-order valence-corrected chi connectivity index (χ3v) is 4.50. The fourth-order valence-electron chi connectivity index (χ4n) is 2.83. The van der Waals surface area contributed by atoms with Gasteiger partial charge in [-0.05, 0) is 44.7 Å². The summed E-state index contributed by atoms with van der Waals surface area (Å²) in [6.07, 6.45) is 5.86. The summed E-state index contributed by atoms with van der Waals surface area (Å²) in [4.78, 5) is 6.79. The molecule has 0 amide bonds. The van der Waals surface area contributed by atoms with Crippen molar-refractivity contribution >= 4 is 5.96 Å². The first-order valence-corrected chi connectivity index (χ1v) is 9.53. The van der Waals surface area contributed by atoms with E-state index in [9.17, 15) is 0 Å². The number of nitrogens with one attached hydrogen (secondary N) is 2. The maximum Gasteiger partial charge on any atom is 0.190 e. The van der Waals surface area contributed by atoms with E-state index in [1.165, 1.54) is 32.4 Å². The van der Waals surface area contributed by atoms with Gasteiger partial charge in [0.2, 0.25) is 0 Å². The van der Waals surface area contributed by atoms with Crippen molar-refractivity contribution in [1.29, 1.82) is 0 Å². The van der Waals surface area contributed by atoms with Crippen molar-refractivity contribution in [2.45, 2.75) is 39.0 Å². The number of piperidine rings is 1. The summed E-state index contributed by atoms with van der Waals surface area (Å²) in [5, 5.41) is 6.83. The minimum Gasteiger partial charge on any atom is -0.383 e. The Morgan fingerprint density at radius 2 is 1.88 bits per heavy atom. The van der Waals surface area contributed by atoms with E-state index in [0.29, 0.717) is 0 Å². The second-order valence-electron chi connectivity index (χ2n) is 6.48. The summed E-state index contributed by atoms with van der Waals surface area (Å²) in [7, 11) is 3.60. The molecule has 1 saturated heterocycles. The molecule has 0 aromatic carbocycles. The molecule has 0 saturated carbocycles. The Hall–Kier alpha value is -0.850. The molecule has 0 atom stereocenters. The molecule has 0 spiro atoms. The number of guanidine groups is 1. The van der Waals surface area contributed by atoms with Crippen molar-refractivity contribution in [3.63, 3.8) is 0 Å². The lowest BCUT2D eigenvalue weighted by molar-refractivity contribution is 0.120. The van der Waals surface area contributed by atoms with Crippen LogP contribution in [0.15, 0.2) is 4.99 Å². The second kappa shape index (κ2) is 14.5. The Bertz CT molecular complexity index is 318. The molecule has 6 heteroatoms. The first-order chi connectivity index (χ1) is 11.8. The molecular formula is C18H38N4O2. The minimum atomic E-state index is 0.736. The standard InChI is InChI=1S/C18H38N4O2/c1-4-5-13-24-14-6-9-20-18(19-2)21-16-17-7-10-22(11-8-17)12-15-23-3/h17H,4-16H2,1-3H3,(H2,19,20,21). The Balaban J connectivity index is 2.04. The smallest absolute Gasteiger partial charge is 0.190 e. The van der Waals surface area contributed by atoms with Gasteiger partial charge in [0.15, 0.2) is 5.96 Å². The zero-order chi connectivity index (χ0) is 17.5. The van der Waals surface area contributed by atoms with E-state index in [2.05, 4.69) is 27.4 Å². The highest BCUT2D eigenvalue weighted by Crippen LogP contribution is 2.15. The number of likely N-dealkylation sites (tertiary alicyclic amines) is 1. The Labute approximate surface area is 148 Å². The highest BCUT2D eigenvalue weighted by atomic mass is 16.5. The number of nitrogens with zero attached hydrogens (tertiary/aromatic N) is 2. The number of ether oxygens (including phenoxy) is 2. The molecule has 1 aliphatic heterocycles. The third kappa shape index (κ3) is 10.1. The van der Waals surface area contributed by atoms with Crippen LogP contribution in [0.25, 0.3) is 0 Å². The van der Waals surface area contributed by atoms with Gasteiger partial charge in [-0.25, -0.2) is 0 Å². The minimum absolute atomic E-state index is 0.736. The largest absolute Gasteiger partial charge is 0.383 e. The first-order valence-electron chi connectivity index (χ1n) is 9.53. The van der Waals surface area contributed by atoms with Crippen LogP contribution in [-0.4, -0.2) is 77.6 Å². The maximum absolute atomic E-state index is 5.57. The number of aliphatic imine (C=N–C) groups is 1. The van der Waals surface area contributed by atoms with E-state index < -0.39 is 0 Å². The topological polar surface area (TPSA) is 58.1 Å². The SMILES string of the molecule is CCCCOCCCNC(=NC)NCC1CCN(CCOC)CC1. The van der Waals surface area contributed by atoms with Crippen molar-refractivity contribution < 1.29 is 9.47 Å². The summed E-state index contributed by atoms with van der Waals surface area (Å²) < 4.78 is 10.7. The fraction of sp³-hybridized carbons (Fsp3) is 0.944. The van der Waals surface area contributed by atoms with Crippen molar-refractivity contribution in [2.75, 3.05) is 66.7 Å². The van der Waals surface area contributed by atoms with Crippen LogP contribution in [0.5, 0.6) is 0 Å². The molecule has 0 unspecified atom stereocenters. The van der Waals surface area contributed by atoms with E-state index in [4.69, 9.17) is 9.47 Å². The molecule has 2 N–H and O–H groups in total. The van der Waals surface area contributed by atoms with Crippen LogP contribution in [0.4, 0.5) is 0 Å². The number of unbranched alkanes of at least 4 members (excludes halogenated alkanes) is 1. The van der Waals surface area contributed by atoms with Crippen LogP contribution in [0.1, 0.15) is 39.0 Å². The lowest BCUT2D eigenvalue weighted by Gasteiger charge is -2.32. The molecule has 0 aromatic rings. The number of hydrogen-bond donors (Lipinski definition) is 2. The third-order valence-electron chi connectivity index (χ3n) is 4.50. The molecular weight excluding hydrogens is 304 g/mol. The average Bonchev–Trinajstić information content (AvgIpc) is 2.62. The quantitative estimate of drug-likeness (QED) is 0.321. The van der Waals surface area contributed by atoms with E-state index in [0.717, 1.165) is 64.2 Å². The van der Waals surface area contributed by atoms with Gasteiger partial charge in [0.05, 0.1) is 6.61 Å². The van der Waals surface area contributed by atoms with E-state index in [1.807, 2.05) is 7.05 Å². The Morgan fingerprint density at radius 3 is 2.54 bits per heavy atom. The van der Waals surface area contributed by atoms with Crippen molar-refractivity contribution in [1.82, 2.24) is 15.5 Å². The van der Waals surface area contributed by atoms with Crippen LogP contribution >= 0.6 is 0 Å². The van der Waals surface area contributed by atoms with E-state index in [-0.39, 0.29) is 0 Å². The Kier molecular flexibility index (Phi) is 12.8. The van der Waals surface area contributed by atoms with Crippen molar-refractivity contribution in [3.05, 3.63) is 0 Å². The predicted molar refractivity (Wildman–Crippen MR) is 101 cm³/mol. The summed E-state index contributed by atoms with van der Waals surface area (Å²) in [6.45, 7) is 10.0. The van der Waals surface area contributed by atoms with E-state index >= 15 is 0 Å². The van der Waals surface area contributed by atoms with Gasteiger partial charge in [0, 0.05) is 47.0 Å². The fourth-order valence-corrected chi connectivity index (χ4v) is 2.83. The average molecular weight is 343 g/mol. The molecule has 1 heterocycles. The molecule has 1 rings (SSSR count). The zero-order valence-corrected chi connectivity index (χ0v) is 16.0. The monoisotopic (exact) mass is 342 g/mol. The second-order valence-corrected chi connectivity index (χ2v) is 6.48. The number of rotatable bonds is 12. The summed E-state index contributed by atoms with van der Waals surface area (Å²) >= 11 is 0. The van der Waals surface area contributed by atoms with Gasteiger partial charge < -0.3 is 25.0 Å². The van der Waals surface area contributed by atoms with Crippen LogP contribution in [0.2, 0.25) is 0 Å². The zero-order valence-electron chi connectivity index (χ0n) is 16.0. The van der Waals surface area contributed by atoms with Gasteiger partial charge in [-0.1, -0.05) is 13.3 Å². The van der Waals surface area contributed by atoms with Crippen LogP contribution in [-0.2, 0) is 9.47 Å². The lowest BCUT2D eigenvalue weighted by Crippen LogP contribution is -2.43. The predicted octanol–water partition coefficient (Wildman–Crippen LogP) is 1.72. The molecule has 0 radical (unpaired) electrons. The summed E-state index contributed by atoms with van der Waals surface area (Å²) in [5.74, 6) is 1.64. The lowest BCUT2D eigenvalue weighted by atomic mass is 9.97. The van der Waals surface area contributed by atoms with Crippen molar-refractivity contribution in [2.24, 2.45) is 10.9 Å². The number of hydrogen-bond acceptors (Lipinski definition) is 4. The van der Waals surface area contributed by atoms with Gasteiger partial charge in [-0.3, -0.25) is 4.99 Å². The van der Waals surface area contributed by atoms with Crippen LogP contribution in [0.3, 0.4) is 0 Å². The molecule has 0 aromatic heterocycles. The van der Waals surface area contributed by atoms with Crippen molar-refractivity contribution in [3.8, 4) is 0 Å². The van der Waals surface area contributed by atoms with Crippen LogP contribution in [0, 0.1) is 5.92 Å². The van der Waals surface area contributed by atoms with E-state index in [1.54, 1.807) is 7.11 Å². The molecule has 0 bridgehead atoms. The summed E-state index contributed by atoms with van der Waals surface area (Å²) in [5.41, 5.74) is 0. The Morgan fingerprint density at radius 1 is 1.12 bits per heavy atom. The maximum atomic E-state index is 5.57. The molecule has 1 aliphatic rings. The van der Waals surface area contributed by atoms with Gasteiger partial charge in [0.25, 0.3) is 0 Å². The normalized spacial score (nSPS) is 17.2.